The van der Waals surface area contributed by atoms with Crippen LogP contribution in [-0.4, -0.2) is 67.8 Å². The van der Waals surface area contributed by atoms with Crippen LogP contribution in [0.1, 0.15) is 91.4 Å². The molecule has 0 aliphatic carbocycles. The fourth-order valence-electron chi connectivity index (χ4n) is 2.70. The Balaban J connectivity index is 0. The van der Waals surface area contributed by atoms with Gasteiger partial charge in [0.15, 0.2) is 0 Å². The first-order chi connectivity index (χ1) is 12.3. The summed E-state index contributed by atoms with van der Waals surface area (Å²) < 4.78 is 0. The summed E-state index contributed by atoms with van der Waals surface area (Å²) in [5.74, 6) is 0. The van der Waals surface area contributed by atoms with Gasteiger partial charge in [0.1, 0.15) is 12.2 Å². The van der Waals surface area contributed by atoms with Crippen molar-refractivity contribution in [3.05, 3.63) is 0 Å². The van der Waals surface area contributed by atoms with E-state index in [9.17, 15) is 15.3 Å². The Morgan fingerprint density at radius 1 is 0.692 bits per heavy atom. The van der Waals surface area contributed by atoms with Crippen molar-refractivity contribution < 1.29 is 30.6 Å². The van der Waals surface area contributed by atoms with Crippen LogP contribution >= 0.6 is 0 Å². The Kier molecular flexibility index (Phi) is 19.5. The molecule has 0 amide bonds. The minimum Gasteiger partial charge on any atom is -0.394 e. The molecule has 0 heterocycles. The first-order valence-electron chi connectivity index (χ1n) is 10.3. The molecule has 0 saturated heterocycles. The molecule has 0 spiro atoms. The predicted octanol–water partition coefficient (Wildman–Crippen LogP) is 2.12. The molecule has 0 aromatic heterocycles. The molecule has 0 bridgehead atoms. The van der Waals surface area contributed by atoms with Gasteiger partial charge in [-0.3, -0.25) is 0 Å². The van der Waals surface area contributed by atoms with E-state index < -0.39 is 23.9 Å². The van der Waals surface area contributed by atoms with Gasteiger partial charge in [-0.25, -0.2) is 0 Å². The Morgan fingerprint density at radius 2 is 1.23 bits per heavy atom. The van der Waals surface area contributed by atoms with Crippen molar-refractivity contribution in [1.82, 2.24) is 0 Å². The Hall–Kier alpha value is -0.240. The maximum Gasteiger partial charge on any atom is 0.106 e. The highest BCUT2D eigenvalue weighted by molar-refractivity contribution is 4.84. The maximum absolute atomic E-state index is 9.98. The summed E-state index contributed by atoms with van der Waals surface area (Å²) in [6.45, 7) is 5.37. The average molecular weight is 381 g/mol. The van der Waals surface area contributed by atoms with Crippen LogP contribution < -0.4 is 0 Å². The third-order valence-electron chi connectivity index (χ3n) is 4.85. The fourth-order valence-corrected chi connectivity index (χ4v) is 2.70. The number of hydrogen-bond acceptors (Lipinski definition) is 6. The van der Waals surface area contributed by atoms with Crippen LogP contribution in [0.2, 0.25) is 0 Å². The molecule has 0 aliphatic rings. The normalized spacial score (nSPS) is 17.0. The van der Waals surface area contributed by atoms with Crippen LogP contribution in [0, 0.1) is 0 Å². The van der Waals surface area contributed by atoms with Crippen molar-refractivity contribution in [1.29, 1.82) is 0 Å². The molecule has 6 nitrogen and oxygen atoms in total. The van der Waals surface area contributed by atoms with Gasteiger partial charge in [0.05, 0.1) is 24.9 Å². The predicted molar refractivity (Wildman–Crippen MR) is 105 cm³/mol. The smallest absolute Gasteiger partial charge is 0.106 e. The van der Waals surface area contributed by atoms with Gasteiger partial charge in [-0.05, 0) is 19.3 Å². The zero-order valence-electron chi connectivity index (χ0n) is 17.1. The van der Waals surface area contributed by atoms with E-state index in [1.54, 1.807) is 0 Å². The molecule has 6 N–H and O–H groups in total. The van der Waals surface area contributed by atoms with Gasteiger partial charge in [0.2, 0.25) is 0 Å². The van der Waals surface area contributed by atoms with Crippen molar-refractivity contribution in [2.75, 3.05) is 13.2 Å². The summed E-state index contributed by atoms with van der Waals surface area (Å²) in [5.41, 5.74) is -1.09. The maximum atomic E-state index is 9.98. The number of unbranched alkanes of at least 4 members (excludes halogenated alkanes) is 6. The number of aliphatic hydroxyl groups is 6. The fraction of sp³-hybridized carbons (Fsp3) is 1.00. The van der Waals surface area contributed by atoms with Gasteiger partial charge in [-0.2, -0.15) is 0 Å². The lowest BCUT2D eigenvalue weighted by atomic mass is 9.88. The van der Waals surface area contributed by atoms with Crippen LogP contribution in [0.5, 0.6) is 0 Å². The van der Waals surface area contributed by atoms with Crippen LogP contribution in [0.3, 0.4) is 0 Å². The van der Waals surface area contributed by atoms with E-state index in [1.807, 2.05) is 6.92 Å². The molecule has 6 heteroatoms. The van der Waals surface area contributed by atoms with E-state index in [-0.39, 0.29) is 13.2 Å². The second kappa shape index (κ2) is 18.1. The summed E-state index contributed by atoms with van der Waals surface area (Å²) in [7, 11) is 0. The van der Waals surface area contributed by atoms with Crippen molar-refractivity contribution in [3.63, 3.8) is 0 Å². The molecule has 0 aliphatic heterocycles. The van der Waals surface area contributed by atoms with Crippen LogP contribution in [0.15, 0.2) is 0 Å². The summed E-state index contributed by atoms with van der Waals surface area (Å²) in [6, 6.07) is 0. The largest absolute Gasteiger partial charge is 0.394 e. The Bertz CT molecular complexity index is 289. The SMILES string of the molecule is CCCCCCC(O)(CC)C(O)CO.CCCCCCC(O)C(O)CO. The zero-order chi connectivity index (χ0) is 20.4. The summed E-state index contributed by atoms with van der Waals surface area (Å²) in [6.07, 6.45) is 7.58. The Labute approximate surface area is 159 Å². The van der Waals surface area contributed by atoms with Crippen LogP contribution in [-0.2, 0) is 0 Å². The van der Waals surface area contributed by atoms with E-state index in [2.05, 4.69) is 13.8 Å². The lowest BCUT2D eigenvalue weighted by molar-refractivity contribution is -0.102. The minimum atomic E-state index is -1.09. The third-order valence-corrected chi connectivity index (χ3v) is 4.85. The van der Waals surface area contributed by atoms with Gasteiger partial charge in [0.25, 0.3) is 0 Å². The van der Waals surface area contributed by atoms with E-state index in [0.717, 1.165) is 38.5 Å². The molecule has 0 aromatic rings. The molecular weight excluding hydrogens is 336 g/mol. The molecule has 0 radical (unpaired) electrons. The van der Waals surface area contributed by atoms with Crippen molar-refractivity contribution in [3.8, 4) is 0 Å². The van der Waals surface area contributed by atoms with Crippen LogP contribution in [0.4, 0.5) is 0 Å². The molecule has 26 heavy (non-hydrogen) atoms. The van der Waals surface area contributed by atoms with Crippen LogP contribution in [0.25, 0.3) is 0 Å². The second-order valence-corrected chi connectivity index (χ2v) is 7.13. The van der Waals surface area contributed by atoms with Gasteiger partial charge < -0.3 is 30.6 Å². The molecule has 0 rings (SSSR count). The van der Waals surface area contributed by atoms with Gasteiger partial charge in [-0.15, -0.1) is 0 Å². The summed E-state index contributed by atoms with van der Waals surface area (Å²) in [4.78, 5) is 0. The molecular formula is C20H44O6. The highest BCUT2D eigenvalue weighted by Crippen LogP contribution is 2.23. The lowest BCUT2D eigenvalue weighted by Crippen LogP contribution is -2.43. The van der Waals surface area contributed by atoms with E-state index in [4.69, 9.17) is 15.3 Å². The topological polar surface area (TPSA) is 121 Å². The second-order valence-electron chi connectivity index (χ2n) is 7.13. The van der Waals surface area contributed by atoms with E-state index >= 15 is 0 Å². The van der Waals surface area contributed by atoms with Gasteiger partial charge >= 0.3 is 0 Å². The van der Waals surface area contributed by atoms with E-state index in [0.29, 0.717) is 19.3 Å². The molecule has 0 fully saturated rings. The van der Waals surface area contributed by atoms with Gasteiger partial charge in [0, 0.05) is 0 Å². The average Bonchev–Trinajstić information content (AvgIpc) is 2.67. The number of aliphatic hydroxyl groups excluding tert-OH is 5. The van der Waals surface area contributed by atoms with E-state index in [1.165, 1.54) is 12.8 Å². The van der Waals surface area contributed by atoms with Crippen molar-refractivity contribution >= 4 is 0 Å². The first-order valence-corrected chi connectivity index (χ1v) is 10.3. The number of hydrogen-bond donors (Lipinski definition) is 6. The lowest BCUT2D eigenvalue weighted by Gasteiger charge is -2.31. The summed E-state index contributed by atoms with van der Waals surface area (Å²) in [5, 5.41) is 54.9. The highest BCUT2D eigenvalue weighted by Gasteiger charge is 2.32. The van der Waals surface area contributed by atoms with Crippen molar-refractivity contribution in [2.45, 2.75) is 115 Å². The van der Waals surface area contributed by atoms with Crippen molar-refractivity contribution in [2.24, 2.45) is 0 Å². The Morgan fingerprint density at radius 3 is 1.65 bits per heavy atom. The monoisotopic (exact) mass is 380 g/mol. The third kappa shape index (κ3) is 13.9. The summed E-state index contributed by atoms with van der Waals surface area (Å²) >= 11 is 0. The molecule has 4 unspecified atom stereocenters. The minimum absolute atomic E-state index is 0.352. The highest BCUT2D eigenvalue weighted by atomic mass is 16.4. The molecule has 0 aromatic carbocycles. The molecule has 0 saturated carbocycles. The molecule has 4 atom stereocenters. The number of rotatable bonds is 15. The molecule has 160 valence electrons. The standard InChI is InChI=1S/C11H24O3.C9H20O3/c1-3-5-6-7-8-11(14,4-2)10(13)9-12;1-2-3-4-5-6-8(11)9(12)7-10/h10,12-14H,3-9H2,1-2H3;8-12H,2-7H2,1H3. The van der Waals surface area contributed by atoms with Gasteiger partial charge in [-0.1, -0.05) is 72.1 Å². The zero-order valence-corrected chi connectivity index (χ0v) is 17.1. The quantitative estimate of drug-likeness (QED) is 0.242. The first kappa shape index (κ1) is 28.0.